The SMILES string of the molecule is CCCOCCOCC(N)c1ccc(C(C)C)cc1. The molecule has 1 rings (SSSR count). The average Bonchev–Trinajstić information content (AvgIpc) is 2.42. The zero-order chi connectivity index (χ0) is 14.1. The average molecular weight is 265 g/mol. The van der Waals surface area contributed by atoms with Crippen molar-refractivity contribution in [2.45, 2.75) is 39.2 Å². The molecule has 0 heterocycles. The third-order valence-corrected chi connectivity index (χ3v) is 3.05. The number of hydrogen-bond donors (Lipinski definition) is 1. The van der Waals surface area contributed by atoms with Crippen LogP contribution < -0.4 is 5.73 Å². The number of rotatable bonds is 9. The highest BCUT2D eigenvalue weighted by atomic mass is 16.5. The molecule has 0 radical (unpaired) electrons. The van der Waals surface area contributed by atoms with Crippen LogP contribution in [0.3, 0.4) is 0 Å². The van der Waals surface area contributed by atoms with Crippen LogP contribution in [-0.2, 0) is 9.47 Å². The maximum absolute atomic E-state index is 6.10. The van der Waals surface area contributed by atoms with Crippen molar-refractivity contribution in [1.82, 2.24) is 0 Å². The van der Waals surface area contributed by atoms with E-state index in [1.165, 1.54) is 5.56 Å². The second-order valence-electron chi connectivity index (χ2n) is 5.12. The Hall–Kier alpha value is -0.900. The van der Waals surface area contributed by atoms with Crippen LogP contribution in [-0.4, -0.2) is 26.4 Å². The van der Waals surface area contributed by atoms with Crippen LogP contribution in [0.4, 0.5) is 0 Å². The van der Waals surface area contributed by atoms with Crippen LogP contribution in [0.25, 0.3) is 0 Å². The standard InChI is InChI=1S/C16H27NO2/c1-4-9-18-10-11-19-12-16(17)15-7-5-14(6-8-15)13(2)3/h5-8,13,16H,4,9-12,17H2,1-3H3. The van der Waals surface area contributed by atoms with Gasteiger partial charge in [0.05, 0.1) is 25.9 Å². The Bertz CT molecular complexity index is 335. The number of benzene rings is 1. The molecule has 3 heteroatoms. The van der Waals surface area contributed by atoms with Crippen molar-refractivity contribution >= 4 is 0 Å². The van der Waals surface area contributed by atoms with Gasteiger partial charge in [-0.25, -0.2) is 0 Å². The summed E-state index contributed by atoms with van der Waals surface area (Å²) in [5.74, 6) is 0.553. The highest BCUT2D eigenvalue weighted by Crippen LogP contribution is 2.17. The Morgan fingerprint density at radius 3 is 2.11 bits per heavy atom. The molecule has 0 aliphatic carbocycles. The minimum Gasteiger partial charge on any atom is -0.379 e. The lowest BCUT2D eigenvalue weighted by Gasteiger charge is -2.14. The summed E-state index contributed by atoms with van der Waals surface area (Å²) in [5.41, 5.74) is 8.56. The molecule has 1 aromatic carbocycles. The van der Waals surface area contributed by atoms with Crippen LogP contribution >= 0.6 is 0 Å². The third-order valence-electron chi connectivity index (χ3n) is 3.05. The molecular formula is C16H27NO2. The lowest BCUT2D eigenvalue weighted by molar-refractivity contribution is 0.0428. The second-order valence-corrected chi connectivity index (χ2v) is 5.12. The molecule has 0 aliphatic rings. The van der Waals surface area contributed by atoms with Crippen LogP contribution in [0.5, 0.6) is 0 Å². The maximum atomic E-state index is 6.10. The van der Waals surface area contributed by atoms with E-state index in [1.54, 1.807) is 0 Å². The van der Waals surface area contributed by atoms with Crippen LogP contribution in [0, 0.1) is 0 Å². The Morgan fingerprint density at radius 1 is 0.947 bits per heavy atom. The minimum absolute atomic E-state index is 0.0626. The number of hydrogen-bond acceptors (Lipinski definition) is 3. The molecule has 0 spiro atoms. The molecule has 19 heavy (non-hydrogen) atoms. The first-order valence-corrected chi connectivity index (χ1v) is 7.16. The van der Waals surface area contributed by atoms with E-state index in [0.717, 1.165) is 18.6 Å². The molecule has 1 atom stereocenters. The molecule has 0 bridgehead atoms. The summed E-state index contributed by atoms with van der Waals surface area (Å²) < 4.78 is 10.9. The molecule has 2 N–H and O–H groups in total. The quantitative estimate of drug-likeness (QED) is 0.697. The van der Waals surface area contributed by atoms with Gasteiger partial charge in [-0.1, -0.05) is 45.0 Å². The highest BCUT2D eigenvalue weighted by molar-refractivity contribution is 5.26. The first kappa shape index (κ1) is 16.2. The largest absolute Gasteiger partial charge is 0.379 e. The molecular weight excluding hydrogens is 238 g/mol. The van der Waals surface area contributed by atoms with Crippen LogP contribution in [0.15, 0.2) is 24.3 Å². The molecule has 3 nitrogen and oxygen atoms in total. The second kappa shape index (κ2) is 9.08. The summed E-state index contributed by atoms with van der Waals surface area (Å²) >= 11 is 0. The summed E-state index contributed by atoms with van der Waals surface area (Å²) in [6.07, 6.45) is 1.04. The van der Waals surface area contributed by atoms with Crippen LogP contribution in [0.1, 0.15) is 50.3 Å². The van der Waals surface area contributed by atoms with E-state index >= 15 is 0 Å². The highest BCUT2D eigenvalue weighted by Gasteiger charge is 2.07. The summed E-state index contributed by atoms with van der Waals surface area (Å²) in [4.78, 5) is 0. The molecule has 1 aromatic rings. The van der Waals surface area contributed by atoms with Gasteiger partial charge in [0.2, 0.25) is 0 Å². The summed E-state index contributed by atoms with van der Waals surface area (Å²) in [6.45, 7) is 9.06. The minimum atomic E-state index is -0.0626. The first-order chi connectivity index (χ1) is 9.15. The zero-order valence-electron chi connectivity index (χ0n) is 12.4. The predicted octanol–water partition coefficient (Wildman–Crippen LogP) is 3.25. The van der Waals surface area contributed by atoms with E-state index in [1.807, 2.05) is 0 Å². The van der Waals surface area contributed by atoms with E-state index in [2.05, 4.69) is 45.0 Å². The van der Waals surface area contributed by atoms with Crippen molar-refractivity contribution < 1.29 is 9.47 Å². The van der Waals surface area contributed by atoms with Crippen molar-refractivity contribution in [2.24, 2.45) is 5.73 Å². The lowest BCUT2D eigenvalue weighted by atomic mass is 10.00. The molecule has 0 fully saturated rings. The molecule has 0 saturated carbocycles. The van der Waals surface area contributed by atoms with Crippen molar-refractivity contribution in [1.29, 1.82) is 0 Å². The zero-order valence-corrected chi connectivity index (χ0v) is 12.4. The van der Waals surface area contributed by atoms with E-state index in [9.17, 15) is 0 Å². The topological polar surface area (TPSA) is 44.5 Å². The molecule has 1 unspecified atom stereocenters. The molecule has 0 saturated heterocycles. The monoisotopic (exact) mass is 265 g/mol. The van der Waals surface area contributed by atoms with Gasteiger partial charge in [-0.15, -0.1) is 0 Å². The summed E-state index contributed by atoms with van der Waals surface area (Å²) in [6, 6.07) is 8.41. The van der Waals surface area contributed by atoms with E-state index in [4.69, 9.17) is 15.2 Å². The number of nitrogens with two attached hydrogens (primary N) is 1. The van der Waals surface area contributed by atoms with Gasteiger partial charge in [0.25, 0.3) is 0 Å². The Labute approximate surface area is 117 Å². The fraction of sp³-hybridized carbons (Fsp3) is 0.625. The van der Waals surface area contributed by atoms with Gasteiger partial charge >= 0.3 is 0 Å². The Kier molecular flexibility index (Phi) is 7.72. The maximum Gasteiger partial charge on any atom is 0.0701 e. The van der Waals surface area contributed by atoms with Gasteiger partial charge < -0.3 is 15.2 Å². The van der Waals surface area contributed by atoms with Crippen molar-refractivity contribution in [2.75, 3.05) is 26.4 Å². The molecule has 0 aliphatic heterocycles. The molecule has 0 amide bonds. The molecule has 0 aromatic heterocycles. The van der Waals surface area contributed by atoms with Gasteiger partial charge in [0.15, 0.2) is 0 Å². The Morgan fingerprint density at radius 2 is 1.53 bits per heavy atom. The van der Waals surface area contributed by atoms with Gasteiger partial charge in [-0.05, 0) is 23.5 Å². The van der Waals surface area contributed by atoms with Crippen LogP contribution in [0.2, 0.25) is 0 Å². The molecule has 108 valence electrons. The fourth-order valence-corrected chi connectivity index (χ4v) is 1.80. The van der Waals surface area contributed by atoms with E-state index in [-0.39, 0.29) is 6.04 Å². The predicted molar refractivity (Wildman–Crippen MR) is 79.4 cm³/mol. The van der Waals surface area contributed by atoms with Crippen molar-refractivity contribution in [3.63, 3.8) is 0 Å². The first-order valence-electron chi connectivity index (χ1n) is 7.16. The van der Waals surface area contributed by atoms with Crippen molar-refractivity contribution in [3.8, 4) is 0 Å². The van der Waals surface area contributed by atoms with Gasteiger partial charge in [-0.3, -0.25) is 0 Å². The van der Waals surface area contributed by atoms with Gasteiger partial charge in [0, 0.05) is 6.61 Å². The number of ether oxygens (including phenoxy) is 2. The fourth-order valence-electron chi connectivity index (χ4n) is 1.80. The third kappa shape index (κ3) is 6.19. The van der Waals surface area contributed by atoms with E-state index < -0.39 is 0 Å². The summed E-state index contributed by atoms with van der Waals surface area (Å²) in [7, 11) is 0. The summed E-state index contributed by atoms with van der Waals surface area (Å²) in [5, 5.41) is 0. The van der Waals surface area contributed by atoms with E-state index in [0.29, 0.717) is 25.7 Å². The Balaban J connectivity index is 2.27. The van der Waals surface area contributed by atoms with Gasteiger partial charge in [0.1, 0.15) is 0 Å². The smallest absolute Gasteiger partial charge is 0.0701 e. The lowest BCUT2D eigenvalue weighted by Crippen LogP contribution is -2.18. The van der Waals surface area contributed by atoms with Crippen molar-refractivity contribution in [3.05, 3.63) is 35.4 Å². The van der Waals surface area contributed by atoms with Gasteiger partial charge in [-0.2, -0.15) is 0 Å². The normalized spacial score (nSPS) is 12.9.